The van der Waals surface area contributed by atoms with Gasteiger partial charge in [-0.3, -0.25) is 4.99 Å². The summed E-state index contributed by atoms with van der Waals surface area (Å²) in [5, 5.41) is 7.19. The molecule has 0 radical (unpaired) electrons. The topological polar surface area (TPSA) is 52.6 Å². The van der Waals surface area contributed by atoms with Gasteiger partial charge in [0.05, 0.1) is 0 Å². The van der Waals surface area contributed by atoms with Crippen molar-refractivity contribution in [1.82, 2.24) is 15.6 Å². The van der Waals surface area contributed by atoms with E-state index in [0.29, 0.717) is 5.15 Å². The maximum Gasteiger partial charge on any atom is 0.191 e. The fourth-order valence-electron chi connectivity index (χ4n) is 2.80. The van der Waals surface area contributed by atoms with E-state index in [0.717, 1.165) is 44.1 Å². The second-order valence-corrected chi connectivity index (χ2v) is 6.52. The molecule has 6 heteroatoms. The van der Waals surface area contributed by atoms with Gasteiger partial charge in [-0.05, 0) is 35.7 Å². The van der Waals surface area contributed by atoms with Crippen LogP contribution >= 0.6 is 11.6 Å². The predicted molar refractivity (Wildman–Crippen MR) is 109 cm³/mol. The molecule has 0 saturated carbocycles. The Morgan fingerprint density at radius 1 is 1.08 bits per heavy atom. The van der Waals surface area contributed by atoms with E-state index >= 15 is 0 Å². The van der Waals surface area contributed by atoms with Gasteiger partial charge in [0, 0.05) is 45.1 Å². The monoisotopic (exact) mass is 369 g/mol. The number of aliphatic imine (C=N–C) groups is 1. The van der Waals surface area contributed by atoms with E-state index in [4.69, 9.17) is 11.6 Å². The molecule has 5 nitrogen and oxygen atoms in total. The van der Waals surface area contributed by atoms with Gasteiger partial charge in [-0.2, -0.15) is 0 Å². The number of rotatable bonds is 6. The number of guanidine groups is 1. The van der Waals surface area contributed by atoms with E-state index < -0.39 is 0 Å². The second-order valence-electron chi connectivity index (χ2n) is 6.13. The number of nitrogens with one attached hydrogen (secondary N) is 2. The van der Waals surface area contributed by atoms with Gasteiger partial charge < -0.3 is 15.5 Å². The molecule has 0 fully saturated rings. The van der Waals surface area contributed by atoms with Crippen molar-refractivity contribution in [2.45, 2.75) is 13.0 Å². The van der Waals surface area contributed by atoms with E-state index in [9.17, 15) is 0 Å². The highest BCUT2D eigenvalue weighted by molar-refractivity contribution is 6.29. The third kappa shape index (κ3) is 5.23. The Balaban J connectivity index is 1.42. The highest BCUT2D eigenvalue weighted by Gasteiger charge is 2.07. The van der Waals surface area contributed by atoms with Crippen LogP contribution in [0.5, 0.6) is 0 Å². The normalized spacial score (nSPS) is 13.9. The van der Waals surface area contributed by atoms with Crippen LogP contribution in [0.2, 0.25) is 5.15 Å². The van der Waals surface area contributed by atoms with Crippen molar-refractivity contribution < 1.29 is 0 Å². The fourth-order valence-corrected chi connectivity index (χ4v) is 2.91. The second kappa shape index (κ2) is 9.25. The van der Waals surface area contributed by atoms with Gasteiger partial charge in [0.15, 0.2) is 5.96 Å². The van der Waals surface area contributed by atoms with E-state index in [1.165, 1.54) is 11.3 Å². The minimum atomic E-state index is 0.520. The minimum Gasteiger partial charge on any atom is -0.364 e. The van der Waals surface area contributed by atoms with Gasteiger partial charge in [0.2, 0.25) is 0 Å². The number of nitrogens with zero attached hydrogens (tertiary/aromatic N) is 3. The molecule has 0 atom stereocenters. The maximum atomic E-state index is 5.80. The van der Waals surface area contributed by atoms with E-state index in [2.05, 4.69) is 61.9 Å². The molecular weight excluding hydrogens is 346 g/mol. The molecule has 1 aromatic carbocycles. The van der Waals surface area contributed by atoms with Gasteiger partial charge in [0.1, 0.15) is 5.15 Å². The zero-order chi connectivity index (χ0) is 18.2. The first kappa shape index (κ1) is 18.3. The van der Waals surface area contributed by atoms with Gasteiger partial charge in [-0.15, -0.1) is 0 Å². The Labute approximate surface area is 159 Å². The third-order valence-electron chi connectivity index (χ3n) is 4.30. The van der Waals surface area contributed by atoms with Crippen LogP contribution in [0.15, 0.2) is 59.7 Å². The fraction of sp³-hybridized carbons (Fsp3) is 0.300. The quantitative estimate of drug-likeness (QED) is 0.356. The van der Waals surface area contributed by atoms with Gasteiger partial charge >= 0.3 is 0 Å². The number of hydrogen-bond donors (Lipinski definition) is 2. The number of pyridine rings is 1. The summed E-state index contributed by atoms with van der Waals surface area (Å²) in [6.07, 6.45) is 7.07. The van der Waals surface area contributed by atoms with Crippen LogP contribution in [0.4, 0.5) is 5.69 Å². The first-order valence-corrected chi connectivity index (χ1v) is 9.16. The summed E-state index contributed by atoms with van der Waals surface area (Å²) in [5.74, 6) is 0.791. The largest absolute Gasteiger partial charge is 0.364 e. The highest BCUT2D eigenvalue weighted by atomic mass is 35.5. The van der Waals surface area contributed by atoms with Crippen LogP contribution in [-0.2, 0) is 13.0 Å². The molecular formula is C20H24ClN5. The average Bonchev–Trinajstić information content (AvgIpc) is 3.21. The molecule has 26 heavy (non-hydrogen) atoms. The molecule has 2 N–H and O–H groups in total. The molecule has 1 aliphatic rings. The molecule has 2 heterocycles. The van der Waals surface area contributed by atoms with Crippen molar-refractivity contribution in [2.24, 2.45) is 4.99 Å². The lowest BCUT2D eigenvalue weighted by molar-refractivity contribution is 0.793. The van der Waals surface area contributed by atoms with Crippen molar-refractivity contribution in [2.75, 3.05) is 31.6 Å². The third-order valence-corrected chi connectivity index (χ3v) is 4.52. The maximum absolute atomic E-state index is 5.80. The lowest BCUT2D eigenvalue weighted by Crippen LogP contribution is -2.37. The minimum absolute atomic E-state index is 0.520. The Kier molecular flexibility index (Phi) is 6.50. The number of halogens is 1. The molecule has 0 amide bonds. The molecule has 3 rings (SSSR count). The van der Waals surface area contributed by atoms with Crippen LogP contribution in [0.1, 0.15) is 11.1 Å². The summed E-state index contributed by atoms with van der Waals surface area (Å²) in [5.41, 5.74) is 3.63. The summed E-state index contributed by atoms with van der Waals surface area (Å²) in [7, 11) is 1.78. The lowest BCUT2D eigenvalue weighted by Gasteiger charge is -2.18. The molecule has 136 valence electrons. The summed E-state index contributed by atoms with van der Waals surface area (Å²) in [6, 6.07) is 12.5. The Morgan fingerprint density at radius 2 is 1.81 bits per heavy atom. The van der Waals surface area contributed by atoms with Crippen molar-refractivity contribution in [3.8, 4) is 0 Å². The highest BCUT2D eigenvalue weighted by Crippen LogP contribution is 2.17. The Bertz CT molecular complexity index is 745. The summed E-state index contributed by atoms with van der Waals surface area (Å²) in [6.45, 7) is 3.51. The van der Waals surface area contributed by atoms with Gasteiger partial charge in [-0.1, -0.05) is 42.0 Å². The standard InChI is InChI=1S/C20H24ClN5/c1-22-20(23-11-10-17-6-9-19(21)24-14-17)25-15-16-4-7-18(8-5-16)26-12-2-3-13-26/h2-9,14H,10-13,15H2,1H3,(H2,22,23,25). The number of hydrogen-bond acceptors (Lipinski definition) is 3. The van der Waals surface area contributed by atoms with E-state index in [-0.39, 0.29) is 0 Å². The van der Waals surface area contributed by atoms with Crippen LogP contribution < -0.4 is 15.5 Å². The molecule has 1 aromatic heterocycles. The summed E-state index contributed by atoms with van der Waals surface area (Å²) >= 11 is 5.80. The first-order chi connectivity index (χ1) is 12.7. The predicted octanol–water partition coefficient (Wildman–Crippen LogP) is 3.02. The summed E-state index contributed by atoms with van der Waals surface area (Å²) < 4.78 is 0. The van der Waals surface area contributed by atoms with Crippen molar-refractivity contribution >= 4 is 23.2 Å². The molecule has 0 unspecified atom stereocenters. The van der Waals surface area contributed by atoms with Crippen molar-refractivity contribution in [1.29, 1.82) is 0 Å². The Hall–Kier alpha value is -2.53. The number of aromatic nitrogens is 1. The SMILES string of the molecule is CN=C(NCCc1ccc(Cl)nc1)NCc1ccc(N2CC=CC2)cc1. The molecule has 0 aliphatic carbocycles. The number of anilines is 1. The Morgan fingerprint density at radius 3 is 2.46 bits per heavy atom. The average molecular weight is 370 g/mol. The van der Waals surface area contributed by atoms with Crippen LogP contribution in [0.25, 0.3) is 0 Å². The van der Waals surface area contributed by atoms with E-state index in [1.54, 1.807) is 13.2 Å². The smallest absolute Gasteiger partial charge is 0.191 e. The molecule has 0 spiro atoms. The van der Waals surface area contributed by atoms with Crippen LogP contribution in [-0.4, -0.2) is 37.6 Å². The molecule has 2 aromatic rings. The van der Waals surface area contributed by atoms with Crippen molar-refractivity contribution in [3.63, 3.8) is 0 Å². The van der Waals surface area contributed by atoms with Crippen LogP contribution in [0, 0.1) is 0 Å². The first-order valence-electron chi connectivity index (χ1n) is 8.78. The van der Waals surface area contributed by atoms with Gasteiger partial charge in [0.25, 0.3) is 0 Å². The zero-order valence-corrected chi connectivity index (χ0v) is 15.7. The van der Waals surface area contributed by atoms with Crippen LogP contribution in [0.3, 0.4) is 0 Å². The zero-order valence-electron chi connectivity index (χ0n) is 15.0. The van der Waals surface area contributed by atoms with Gasteiger partial charge in [-0.25, -0.2) is 4.98 Å². The summed E-state index contributed by atoms with van der Waals surface area (Å²) in [4.78, 5) is 10.7. The molecule has 0 saturated heterocycles. The lowest BCUT2D eigenvalue weighted by atomic mass is 10.2. The van der Waals surface area contributed by atoms with Crippen molar-refractivity contribution in [3.05, 3.63) is 71.0 Å². The van der Waals surface area contributed by atoms with E-state index in [1.807, 2.05) is 12.1 Å². The molecule has 0 bridgehead atoms. The molecule has 1 aliphatic heterocycles. The number of benzene rings is 1.